The molecule has 0 saturated heterocycles. The molecule has 2 fully saturated rings. The number of benzene rings is 2. The predicted molar refractivity (Wildman–Crippen MR) is 124 cm³/mol. The van der Waals surface area contributed by atoms with Gasteiger partial charge < -0.3 is 0 Å². The first-order valence-electron chi connectivity index (χ1n) is 11.9. The van der Waals surface area contributed by atoms with Gasteiger partial charge in [0, 0.05) is 5.54 Å². The summed E-state index contributed by atoms with van der Waals surface area (Å²) in [5.41, 5.74) is 3.28. The third-order valence-electron chi connectivity index (χ3n) is 8.14. The van der Waals surface area contributed by atoms with Crippen molar-refractivity contribution in [1.29, 1.82) is 0 Å². The fraction of sp³-hybridized carbons (Fsp3) is 0.571. The van der Waals surface area contributed by atoms with Crippen LogP contribution in [0.15, 0.2) is 60.7 Å². The first-order valence-corrected chi connectivity index (χ1v) is 11.9. The molecule has 0 N–H and O–H groups in total. The number of rotatable bonds is 7. The number of hydrogen-bond acceptors (Lipinski definition) is 1. The Labute approximate surface area is 178 Å². The van der Waals surface area contributed by atoms with Gasteiger partial charge >= 0.3 is 0 Å². The average Bonchev–Trinajstić information content (AvgIpc) is 3.28. The molecule has 0 amide bonds. The summed E-state index contributed by atoms with van der Waals surface area (Å²) >= 11 is 0. The van der Waals surface area contributed by atoms with Crippen molar-refractivity contribution in [3.05, 3.63) is 71.8 Å². The lowest BCUT2D eigenvalue weighted by atomic mass is 9.66. The maximum absolute atomic E-state index is 2.50. The summed E-state index contributed by atoms with van der Waals surface area (Å²) in [4.78, 5) is 2.50. The summed E-state index contributed by atoms with van der Waals surface area (Å²) in [6.07, 6.45) is 14.0. The smallest absolute Gasteiger partial charge is 0.0455 e. The van der Waals surface area contributed by atoms with Crippen molar-refractivity contribution in [2.24, 2.45) is 17.8 Å². The summed E-state index contributed by atoms with van der Waals surface area (Å²) in [6, 6.07) is 22.6. The number of hydrogen-bond donors (Lipinski definition) is 0. The molecule has 2 aliphatic carbocycles. The second-order valence-corrected chi connectivity index (χ2v) is 9.97. The van der Waals surface area contributed by atoms with Crippen LogP contribution in [0.25, 0.3) is 0 Å². The van der Waals surface area contributed by atoms with Gasteiger partial charge in [-0.15, -0.1) is 0 Å². The van der Waals surface area contributed by atoms with Crippen molar-refractivity contribution in [1.82, 2.24) is 4.90 Å². The lowest BCUT2D eigenvalue weighted by Crippen LogP contribution is -2.45. The van der Waals surface area contributed by atoms with E-state index >= 15 is 0 Å². The Morgan fingerprint density at radius 3 is 2.00 bits per heavy atom. The van der Waals surface area contributed by atoms with Crippen molar-refractivity contribution >= 4 is 0 Å². The van der Waals surface area contributed by atoms with Gasteiger partial charge in [0.2, 0.25) is 0 Å². The molecule has 0 aromatic heterocycles. The van der Waals surface area contributed by atoms with Crippen LogP contribution < -0.4 is 0 Å². The van der Waals surface area contributed by atoms with Crippen LogP contribution in [0.5, 0.6) is 0 Å². The summed E-state index contributed by atoms with van der Waals surface area (Å²) in [5, 5.41) is 0. The van der Waals surface area contributed by atoms with E-state index in [0.29, 0.717) is 0 Å². The van der Waals surface area contributed by atoms with E-state index in [1.165, 1.54) is 69.8 Å². The molecular weight excluding hydrogens is 350 g/mol. The maximum Gasteiger partial charge on any atom is 0.0455 e. The molecule has 0 heterocycles. The minimum Gasteiger partial charge on any atom is -0.300 e. The highest BCUT2D eigenvalue weighted by molar-refractivity contribution is 5.25. The van der Waals surface area contributed by atoms with Crippen molar-refractivity contribution < 1.29 is 0 Å². The molecule has 2 aliphatic rings. The standard InChI is InChI=1S/C28H39N/c1-29(2)28(27-15-7-4-8-16-27)19-17-25(18-20-28)26(22-24-13-9-10-14-24)21-23-11-5-3-6-12-23/h3-8,11-12,15-16,24-26H,9-10,13-14,17-22H2,1-2H3. The molecule has 2 aromatic carbocycles. The highest BCUT2D eigenvalue weighted by Crippen LogP contribution is 2.47. The molecule has 1 atom stereocenters. The Morgan fingerprint density at radius 1 is 0.828 bits per heavy atom. The van der Waals surface area contributed by atoms with E-state index in [2.05, 4.69) is 79.7 Å². The first-order chi connectivity index (χ1) is 14.2. The fourth-order valence-electron chi connectivity index (χ4n) is 6.37. The zero-order valence-corrected chi connectivity index (χ0v) is 18.5. The normalized spacial score (nSPS) is 26.7. The summed E-state index contributed by atoms with van der Waals surface area (Å²) in [7, 11) is 4.57. The summed E-state index contributed by atoms with van der Waals surface area (Å²) in [6.45, 7) is 0. The largest absolute Gasteiger partial charge is 0.300 e. The summed E-state index contributed by atoms with van der Waals surface area (Å²) in [5.74, 6) is 2.72. The van der Waals surface area contributed by atoms with Gasteiger partial charge in [0.1, 0.15) is 0 Å². The predicted octanol–water partition coefficient (Wildman–Crippen LogP) is 7.07. The van der Waals surface area contributed by atoms with Crippen LogP contribution in [0.2, 0.25) is 0 Å². The highest BCUT2D eigenvalue weighted by atomic mass is 15.1. The van der Waals surface area contributed by atoms with Crippen LogP contribution in [-0.4, -0.2) is 19.0 Å². The molecule has 0 bridgehead atoms. The van der Waals surface area contributed by atoms with E-state index in [0.717, 1.165) is 17.8 Å². The quantitative estimate of drug-likeness (QED) is 0.489. The molecule has 2 aromatic rings. The SMILES string of the molecule is CN(C)C1(c2ccccc2)CCC(C(Cc2ccccc2)CC2CCCC2)CC1. The van der Waals surface area contributed by atoms with Gasteiger partial charge in [0.15, 0.2) is 0 Å². The van der Waals surface area contributed by atoms with Crippen LogP contribution in [-0.2, 0) is 12.0 Å². The lowest BCUT2D eigenvalue weighted by Gasteiger charge is -2.47. The van der Waals surface area contributed by atoms with Crippen molar-refractivity contribution in [2.75, 3.05) is 14.1 Å². The minimum atomic E-state index is 0.225. The first kappa shape index (κ1) is 20.7. The molecule has 29 heavy (non-hydrogen) atoms. The van der Waals surface area contributed by atoms with Gasteiger partial charge in [0.05, 0.1) is 0 Å². The van der Waals surface area contributed by atoms with Crippen molar-refractivity contribution in [2.45, 2.75) is 69.7 Å². The van der Waals surface area contributed by atoms with Crippen LogP contribution in [0, 0.1) is 17.8 Å². The molecule has 1 heteroatoms. The Balaban J connectivity index is 1.49. The third-order valence-corrected chi connectivity index (χ3v) is 8.14. The maximum atomic E-state index is 2.50. The van der Waals surface area contributed by atoms with Gasteiger partial charge in [-0.05, 0) is 81.5 Å². The van der Waals surface area contributed by atoms with Crippen LogP contribution >= 0.6 is 0 Å². The van der Waals surface area contributed by atoms with Crippen LogP contribution in [0.4, 0.5) is 0 Å². The van der Waals surface area contributed by atoms with E-state index in [1.54, 1.807) is 5.56 Å². The zero-order chi connectivity index (χ0) is 20.1. The van der Waals surface area contributed by atoms with Gasteiger partial charge in [-0.3, -0.25) is 4.90 Å². The minimum absolute atomic E-state index is 0.225. The van der Waals surface area contributed by atoms with Crippen LogP contribution in [0.1, 0.15) is 68.9 Å². The van der Waals surface area contributed by atoms with E-state index in [1.807, 2.05) is 0 Å². The molecule has 4 rings (SSSR count). The van der Waals surface area contributed by atoms with Crippen molar-refractivity contribution in [3.8, 4) is 0 Å². The van der Waals surface area contributed by atoms with E-state index in [4.69, 9.17) is 0 Å². The Kier molecular flexibility index (Phi) is 6.75. The number of nitrogens with zero attached hydrogens (tertiary/aromatic N) is 1. The Hall–Kier alpha value is -1.60. The summed E-state index contributed by atoms with van der Waals surface area (Å²) < 4.78 is 0. The average molecular weight is 390 g/mol. The van der Waals surface area contributed by atoms with Crippen LogP contribution in [0.3, 0.4) is 0 Å². The van der Waals surface area contributed by atoms with E-state index in [9.17, 15) is 0 Å². The van der Waals surface area contributed by atoms with Gasteiger partial charge in [0.25, 0.3) is 0 Å². The van der Waals surface area contributed by atoms with Gasteiger partial charge in [-0.1, -0.05) is 86.3 Å². The van der Waals surface area contributed by atoms with Gasteiger partial charge in [-0.25, -0.2) is 0 Å². The highest BCUT2D eigenvalue weighted by Gasteiger charge is 2.40. The fourth-order valence-corrected chi connectivity index (χ4v) is 6.37. The Bertz CT molecular complexity index is 721. The lowest BCUT2D eigenvalue weighted by molar-refractivity contribution is 0.0569. The molecule has 0 radical (unpaired) electrons. The molecule has 0 spiro atoms. The molecule has 1 nitrogen and oxygen atoms in total. The molecule has 156 valence electrons. The molecular formula is C28H39N. The Morgan fingerprint density at radius 2 is 1.41 bits per heavy atom. The van der Waals surface area contributed by atoms with E-state index < -0.39 is 0 Å². The second-order valence-electron chi connectivity index (χ2n) is 9.97. The molecule has 1 unspecified atom stereocenters. The third kappa shape index (κ3) is 4.77. The van der Waals surface area contributed by atoms with E-state index in [-0.39, 0.29) is 5.54 Å². The molecule has 2 saturated carbocycles. The zero-order valence-electron chi connectivity index (χ0n) is 18.5. The van der Waals surface area contributed by atoms with Crippen molar-refractivity contribution in [3.63, 3.8) is 0 Å². The second kappa shape index (κ2) is 9.47. The van der Waals surface area contributed by atoms with Gasteiger partial charge in [-0.2, -0.15) is 0 Å². The monoisotopic (exact) mass is 389 g/mol. The molecule has 0 aliphatic heterocycles. The topological polar surface area (TPSA) is 3.24 Å².